The van der Waals surface area contributed by atoms with E-state index in [1.54, 1.807) is 6.07 Å². The van der Waals surface area contributed by atoms with Gasteiger partial charge in [0.15, 0.2) is 5.75 Å². The van der Waals surface area contributed by atoms with Gasteiger partial charge in [-0.15, -0.1) is 0 Å². The van der Waals surface area contributed by atoms with Crippen LogP contribution in [0.2, 0.25) is 0 Å². The monoisotopic (exact) mass is 422 g/mol. The minimum absolute atomic E-state index is 0.00208. The van der Waals surface area contributed by atoms with Crippen molar-refractivity contribution in [3.8, 4) is 5.75 Å². The first-order chi connectivity index (χ1) is 15.0. The fourth-order valence-corrected chi connectivity index (χ4v) is 6.15. The minimum Gasteiger partial charge on any atom is -0.482 e. The second kappa shape index (κ2) is 7.64. The molecule has 0 amide bonds. The van der Waals surface area contributed by atoms with Crippen LogP contribution in [0.3, 0.4) is 0 Å². The quantitative estimate of drug-likeness (QED) is 0.557. The zero-order valence-corrected chi connectivity index (χ0v) is 17.3. The molecule has 0 spiro atoms. The number of benzene rings is 2. The van der Waals surface area contributed by atoms with Gasteiger partial charge in [-0.25, -0.2) is 0 Å². The van der Waals surface area contributed by atoms with E-state index in [1.807, 2.05) is 36.4 Å². The van der Waals surface area contributed by atoms with E-state index in [-0.39, 0.29) is 35.4 Å². The summed E-state index contributed by atoms with van der Waals surface area (Å²) in [6.45, 7) is 0.696. The lowest BCUT2D eigenvalue weighted by Crippen LogP contribution is -2.63. The number of ether oxygens (including phenoxy) is 1. The standard InChI is InChI=1S/C24H26N2O5/c27-23(28)18-13-25-24-9-5-4-8-19(24)17(18)10-16-11-21(26(29)30)22(12-20(16)24)31-14-15-6-2-1-3-7-15/h1-3,6-7,11-12,17-19,25H,4-5,8-10,13-14H2,(H,27,28). The first-order valence-corrected chi connectivity index (χ1v) is 11.0. The minimum atomic E-state index is -0.780. The Morgan fingerprint density at radius 1 is 1.26 bits per heavy atom. The van der Waals surface area contributed by atoms with Crippen molar-refractivity contribution in [1.29, 1.82) is 0 Å². The van der Waals surface area contributed by atoms with Crippen LogP contribution in [0.25, 0.3) is 0 Å². The highest BCUT2D eigenvalue weighted by Gasteiger charge is 2.56. The summed E-state index contributed by atoms with van der Waals surface area (Å²) in [6.07, 6.45) is 4.63. The topological polar surface area (TPSA) is 102 Å². The number of carbonyl (C=O) groups is 1. The number of aliphatic carboxylic acids is 1. The molecule has 5 rings (SSSR count). The van der Waals surface area contributed by atoms with Gasteiger partial charge in [0.25, 0.3) is 0 Å². The molecule has 162 valence electrons. The van der Waals surface area contributed by atoms with Crippen molar-refractivity contribution >= 4 is 11.7 Å². The van der Waals surface area contributed by atoms with Crippen LogP contribution in [0.5, 0.6) is 5.75 Å². The zero-order valence-electron chi connectivity index (χ0n) is 17.3. The Balaban J connectivity index is 1.57. The van der Waals surface area contributed by atoms with Crippen LogP contribution in [-0.4, -0.2) is 22.5 Å². The number of piperidine rings is 1. The molecule has 4 unspecified atom stereocenters. The maximum Gasteiger partial charge on any atom is 0.311 e. The van der Waals surface area contributed by atoms with Gasteiger partial charge in [-0.1, -0.05) is 43.2 Å². The number of hydrogen-bond donors (Lipinski definition) is 2. The van der Waals surface area contributed by atoms with Crippen molar-refractivity contribution in [3.05, 3.63) is 69.3 Å². The molecule has 2 fully saturated rings. The second-order valence-electron chi connectivity index (χ2n) is 9.03. The predicted octanol–water partition coefficient (Wildman–Crippen LogP) is 4.04. The Morgan fingerprint density at radius 3 is 2.81 bits per heavy atom. The summed E-state index contributed by atoms with van der Waals surface area (Å²) in [7, 11) is 0. The van der Waals surface area contributed by atoms with Gasteiger partial charge in [0.05, 0.1) is 10.8 Å². The molecular formula is C24H26N2O5. The Kier molecular flexibility index (Phi) is 4.93. The fourth-order valence-electron chi connectivity index (χ4n) is 6.15. The van der Waals surface area contributed by atoms with Gasteiger partial charge >= 0.3 is 11.7 Å². The van der Waals surface area contributed by atoms with Crippen molar-refractivity contribution < 1.29 is 19.6 Å². The van der Waals surface area contributed by atoms with Gasteiger partial charge in [0.1, 0.15) is 6.61 Å². The molecule has 7 heteroatoms. The number of hydrogen-bond acceptors (Lipinski definition) is 5. The van der Waals surface area contributed by atoms with Gasteiger partial charge in [0.2, 0.25) is 0 Å². The summed E-state index contributed by atoms with van der Waals surface area (Å²) in [5.74, 6) is -0.726. The summed E-state index contributed by atoms with van der Waals surface area (Å²) >= 11 is 0. The summed E-state index contributed by atoms with van der Waals surface area (Å²) in [6, 6.07) is 13.1. The van der Waals surface area contributed by atoms with Crippen LogP contribution >= 0.6 is 0 Å². The van der Waals surface area contributed by atoms with E-state index in [4.69, 9.17) is 4.74 Å². The van der Waals surface area contributed by atoms with E-state index in [0.717, 1.165) is 42.4 Å². The van der Waals surface area contributed by atoms with Gasteiger partial charge in [0, 0.05) is 18.2 Å². The average molecular weight is 422 g/mol. The molecule has 2 N–H and O–H groups in total. The summed E-state index contributed by atoms with van der Waals surface area (Å²) < 4.78 is 5.96. The molecule has 31 heavy (non-hydrogen) atoms. The van der Waals surface area contributed by atoms with E-state index in [1.165, 1.54) is 0 Å². The number of nitro groups is 1. The number of nitrogens with zero attached hydrogens (tertiary/aromatic N) is 1. The fraction of sp³-hybridized carbons (Fsp3) is 0.458. The molecule has 2 aromatic rings. The second-order valence-corrected chi connectivity index (χ2v) is 9.03. The van der Waals surface area contributed by atoms with E-state index < -0.39 is 16.8 Å². The molecule has 1 saturated carbocycles. The molecule has 0 aromatic heterocycles. The molecule has 7 nitrogen and oxygen atoms in total. The molecule has 1 aliphatic heterocycles. The van der Waals surface area contributed by atoms with Crippen molar-refractivity contribution in [2.45, 2.75) is 44.2 Å². The first-order valence-electron chi connectivity index (χ1n) is 11.0. The maximum absolute atomic E-state index is 11.9. The third kappa shape index (κ3) is 3.28. The summed E-state index contributed by atoms with van der Waals surface area (Å²) in [5.41, 5.74) is 2.53. The lowest BCUT2D eigenvalue weighted by molar-refractivity contribution is -0.386. The van der Waals surface area contributed by atoms with Crippen LogP contribution in [0.4, 0.5) is 5.69 Å². The number of fused-ring (bicyclic) bond motifs is 1. The lowest BCUT2D eigenvalue weighted by Gasteiger charge is -2.57. The highest BCUT2D eigenvalue weighted by Crippen LogP contribution is 2.56. The molecule has 2 aliphatic carbocycles. The van der Waals surface area contributed by atoms with Gasteiger partial charge in [-0.2, -0.15) is 0 Å². The van der Waals surface area contributed by atoms with Crippen LogP contribution in [0, 0.1) is 27.9 Å². The Morgan fingerprint density at radius 2 is 2.06 bits per heavy atom. The number of rotatable bonds is 5. The van der Waals surface area contributed by atoms with E-state index >= 15 is 0 Å². The summed E-state index contributed by atoms with van der Waals surface area (Å²) in [5, 5.41) is 25.2. The average Bonchev–Trinajstić information content (AvgIpc) is 2.77. The molecule has 2 aromatic carbocycles. The molecule has 1 saturated heterocycles. The van der Waals surface area contributed by atoms with Crippen LogP contribution in [-0.2, 0) is 23.4 Å². The highest BCUT2D eigenvalue weighted by atomic mass is 16.6. The van der Waals surface area contributed by atoms with Crippen molar-refractivity contribution in [3.63, 3.8) is 0 Å². The molecule has 0 radical (unpaired) electrons. The smallest absolute Gasteiger partial charge is 0.311 e. The van der Waals surface area contributed by atoms with Gasteiger partial charge in [-0.3, -0.25) is 14.9 Å². The van der Waals surface area contributed by atoms with Crippen LogP contribution in [0.1, 0.15) is 42.4 Å². The Labute approximate surface area is 180 Å². The Bertz CT molecular complexity index is 1020. The van der Waals surface area contributed by atoms with Crippen molar-refractivity contribution in [2.24, 2.45) is 17.8 Å². The Hall–Kier alpha value is -2.93. The molecule has 3 aliphatic rings. The van der Waals surface area contributed by atoms with Crippen LogP contribution < -0.4 is 10.1 Å². The normalized spacial score (nSPS) is 28.8. The van der Waals surface area contributed by atoms with E-state index in [0.29, 0.717) is 13.0 Å². The molecule has 2 bridgehead atoms. The van der Waals surface area contributed by atoms with Crippen LogP contribution in [0.15, 0.2) is 42.5 Å². The van der Waals surface area contributed by atoms with E-state index in [9.17, 15) is 20.0 Å². The van der Waals surface area contributed by atoms with Crippen molar-refractivity contribution in [2.75, 3.05) is 6.54 Å². The first kappa shape index (κ1) is 20.0. The maximum atomic E-state index is 11.9. The van der Waals surface area contributed by atoms with Gasteiger partial charge in [-0.05, 0) is 53.9 Å². The lowest BCUT2D eigenvalue weighted by atomic mass is 9.53. The molecule has 1 heterocycles. The summed E-state index contributed by atoms with van der Waals surface area (Å²) in [4.78, 5) is 23.4. The molecular weight excluding hydrogens is 396 g/mol. The third-order valence-electron chi connectivity index (χ3n) is 7.51. The van der Waals surface area contributed by atoms with Gasteiger partial charge < -0.3 is 15.2 Å². The predicted molar refractivity (Wildman–Crippen MR) is 114 cm³/mol. The highest BCUT2D eigenvalue weighted by molar-refractivity contribution is 5.71. The number of carboxylic acid groups (broad SMARTS) is 1. The van der Waals surface area contributed by atoms with Crippen molar-refractivity contribution in [1.82, 2.24) is 5.32 Å². The zero-order chi connectivity index (χ0) is 21.6. The number of carboxylic acids is 1. The SMILES string of the molecule is O=C(O)C1CNC23CCCCC2C1Cc1cc([N+](=O)[O-])c(OCc2ccccc2)cc13. The number of nitro benzene ring substituents is 1. The molecule has 4 atom stereocenters. The third-order valence-corrected chi connectivity index (χ3v) is 7.51. The van der Waals surface area contributed by atoms with E-state index in [2.05, 4.69) is 5.32 Å². The largest absolute Gasteiger partial charge is 0.482 e. The number of nitrogens with one attached hydrogen (secondary N) is 1.